The molecule has 0 saturated carbocycles. The standard InChI is InChI=1S/C25H21F3N2O5/c1-4-13-35-20-12-7-16(15-21(20)33-5-2)14-19-22(25(26,27)28)29-30(23(19)31)18-10-8-17(9-11-18)24(32)34-6-3/h1,7-12,14-15H,5-6,13H2,2-3H3/b19-14-. The molecule has 0 radical (unpaired) electrons. The lowest BCUT2D eigenvalue weighted by atomic mass is 10.1. The Hall–Kier alpha value is -4.26. The van der Waals surface area contributed by atoms with E-state index in [-0.39, 0.29) is 42.4 Å². The maximum absolute atomic E-state index is 13.8. The molecule has 1 aliphatic rings. The average molecular weight is 486 g/mol. The van der Waals surface area contributed by atoms with Crippen molar-refractivity contribution in [1.29, 1.82) is 0 Å². The number of hydrazone groups is 1. The number of halogens is 3. The Balaban J connectivity index is 1.98. The molecule has 10 heteroatoms. The molecule has 35 heavy (non-hydrogen) atoms. The van der Waals surface area contributed by atoms with E-state index in [1.54, 1.807) is 13.8 Å². The van der Waals surface area contributed by atoms with Gasteiger partial charge in [-0.05, 0) is 61.9 Å². The predicted octanol–water partition coefficient (Wildman–Crippen LogP) is 4.62. The van der Waals surface area contributed by atoms with Gasteiger partial charge in [0.25, 0.3) is 5.91 Å². The minimum Gasteiger partial charge on any atom is -0.490 e. The van der Waals surface area contributed by atoms with Crippen LogP contribution >= 0.6 is 0 Å². The SMILES string of the molecule is C#CCOc1ccc(/C=C2\C(=O)N(c3ccc(C(=O)OCC)cc3)N=C2C(F)(F)F)cc1OCC. The molecule has 0 saturated heterocycles. The van der Waals surface area contributed by atoms with E-state index in [1.807, 2.05) is 0 Å². The zero-order valence-corrected chi connectivity index (χ0v) is 18.9. The van der Waals surface area contributed by atoms with Crippen LogP contribution in [0.5, 0.6) is 11.5 Å². The minimum atomic E-state index is -4.89. The number of nitrogens with zero attached hydrogens (tertiary/aromatic N) is 2. The van der Waals surface area contributed by atoms with Crippen molar-refractivity contribution in [3.8, 4) is 23.8 Å². The number of ether oxygens (including phenoxy) is 3. The summed E-state index contributed by atoms with van der Waals surface area (Å²) >= 11 is 0. The van der Waals surface area contributed by atoms with Crippen molar-refractivity contribution in [2.75, 3.05) is 24.8 Å². The molecule has 7 nitrogen and oxygen atoms in total. The van der Waals surface area contributed by atoms with Gasteiger partial charge in [-0.15, -0.1) is 6.42 Å². The molecule has 0 N–H and O–H groups in total. The Bertz CT molecular complexity index is 1210. The first-order valence-electron chi connectivity index (χ1n) is 10.5. The van der Waals surface area contributed by atoms with E-state index in [0.29, 0.717) is 10.8 Å². The third kappa shape index (κ3) is 5.81. The van der Waals surface area contributed by atoms with E-state index in [1.165, 1.54) is 42.5 Å². The second-order valence-electron chi connectivity index (χ2n) is 7.02. The van der Waals surface area contributed by atoms with Crippen LogP contribution in [0.3, 0.4) is 0 Å². The summed E-state index contributed by atoms with van der Waals surface area (Å²) < 4.78 is 57.0. The van der Waals surface area contributed by atoms with Crippen LogP contribution in [-0.4, -0.2) is 43.6 Å². The second-order valence-corrected chi connectivity index (χ2v) is 7.02. The number of hydrogen-bond acceptors (Lipinski definition) is 6. The number of esters is 1. The van der Waals surface area contributed by atoms with Gasteiger partial charge in [-0.3, -0.25) is 4.79 Å². The molecule has 0 atom stereocenters. The van der Waals surface area contributed by atoms with Gasteiger partial charge in [-0.1, -0.05) is 12.0 Å². The van der Waals surface area contributed by atoms with E-state index in [9.17, 15) is 22.8 Å². The molecule has 0 aromatic heterocycles. The summed E-state index contributed by atoms with van der Waals surface area (Å²) in [5, 5.41) is 4.17. The highest BCUT2D eigenvalue weighted by molar-refractivity contribution is 6.34. The van der Waals surface area contributed by atoms with Crippen molar-refractivity contribution >= 4 is 29.4 Å². The lowest BCUT2D eigenvalue weighted by Crippen LogP contribution is -2.25. The minimum absolute atomic E-state index is 0.0200. The van der Waals surface area contributed by atoms with Crippen molar-refractivity contribution in [1.82, 2.24) is 0 Å². The summed E-state index contributed by atoms with van der Waals surface area (Å²) in [6.45, 7) is 3.80. The van der Waals surface area contributed by atoms with Crippen LogP contribution in [0.4, 0.5) is 18.9 Å². The number of anilines is 1. The summed E-state index contributed by atoms with van der Waals surface area (Å²) in [6.07, 6.45) is 1.39. The largest absolute Gasteiger partial charge is 0.490 e. The van der Waals surface area contributed by atoms with Gasteiger partial charge < -0.3 is 14.2 Å². The maximum atomic E-state index is 13.8. The zero-order chi connectivity index (χ0) is 25.6. The fourth-order valence-corrected chi connectivity index (χ4v) is 3.17. The highest BCUT2D eigenvalue weighted by atomic mass is 19.4. The number of rotatable bonds is 8. The Morgan fingerprint density at radius 1 is 1.09 bits per heavy atom. The molecule has 3 rings (SSSR count). The molecule has 182 valence electrons. The average Bonchev–Trinajstić information content (AvgIpc) is 3.15. The van der Waals surface area contributed by atoms with Crippen molar-refractivity contribution in [3.05, 3.63) is 59.2 Å². The molecule has 1 amide bonds. The summed E-state index contributed by atoms with van der Waals surface area (Å²) in [5.74, 6) is 1.33. The topological polar surface area (TPSA) is 77.4 Å². The first kappa shape index (κ1) is 25.4. The Morgan fingerprint density at radius 2 is 1.80 bits per heavy atom. The maximum Gasteiger partial charge on any atom is 0.435 e. The Morgan fingerprint density at radius 3 is 2.40 bits per heavy atom. The Labute approximate surface area is 199 Å². The van der Waals surface area contributed by atoms with Gasteiger partial charge >= 0.3 is 12.1 Å². The van der Waals surface area contributed by atoms with Crippen LogP contribution in [0.25, 0.3) is 6.08 Å². The predicted molar refractivity (Wildman–Crippen MR) is 123 cm³/mol. The van der Waals surface area contributed by atoms with Crippen LogP contribution in [0.15, 0.2) is 53.1 Å². The number of hydrogen-bond donors (Lipinski definition) is 0. The lowest BCUT2D eigenvalue weighted by Gasteiger charge is -2.13. The molecule has 1 heterocycles. The molecule has 0 fully saturated rings. The number of benzene rings is 2. The van der Waals surface area contributed by atoms with E-state index in [0.717, 1.165) is 6.08 Å². The molecule has 0 spiro atoms. The Kier molecular flexibility index (Phi) is 7.81. The molecular weight excluding hydrogens is 465 g/mol. The summed E-state index contributed by atoms with van der Waals surface area (Å²) in [4.78, 5) is 24.8. The van der Waals surface area contributed by atoms with Gasteiger partial charge in [-0.25, -0.2) is 4.79 Å². The number of carbonyl (C=O) groups excluding carboxylic acids is 2. The van der Waals surface area contributed by atoms with E-state index in [4.69, 9.17) is 20.6 Å². The molecular formula is C25H21F3N2O5. The summed E-state index contributed by atoms with van der Waals surface area (Å²) in [6, 6.07) is 9.72. The molecule has 2 aromatic rings. The van der Waals surface area contributed by atoms with Gasteiger partial charge in [0.2, 0.25) is 0 Å². The van der Waals surface area contributed by atoms with Crippen LogP contribution in [0.2, 0.25) is 0 Å². The van der Waals surface area contributed by atoms with E-state index >= 15 is 0 Å². The lowest BCUT2D eigenvalue weighted by molar-refractivity contribution is -0.114. The van der Waals surface area contributed by atoms with Crippen LogP contribution in [0, 0.1) is 12.3 Å². The molecule has 0 unspecified atom stereocenters. The number of amides is 1. The summed E-state index contributed by atoms with van der Waals surface area (Å²) in [5.41, 5.74) is -1.48. The van der Waals surface area contributed by atoms with Crippen molar-refractivity contribution in [3.63, 3.8) is 0 Å². The molecule has 2 aromatic carbocycles. The van der Waals surface area contributed by atoms with E-state index < -0.39 is 29.3 Å². The van der Waals surface area contributed by atoms with Gasteiger partial charge in [0, 0.05) is 0 Å². The first-order chi connectivity index (χ1) is 16.7. The van der Waals surface area contributed by atoms with Crippen LogP contribution < -0.4 is 14.5 Å². The number of terminal acetylenes is 1. The second kappa shape index (κ2) is 10.8. The number of carbonyl (C=O) groups is 2. The van der Waals surface area contributed by atoms with Gasteiger partial charge in [0.1, 0.15) is 6.61 Å². The van der Waals surface area contributed by atoms with Gasteiger partial charge in [-0.2, -0.15) is 23.3 Å². The summed E-state index contributed by atoms with van der Waals surface area (Å²) in [7, 11) is 0. The van der Waals surface area contributed by atoms with Crippen LogP contribution in [-0.2, 0) is 9.53 Å². The van der Waals surface area contributed by atoms with Crippen molar-refractivity contribution in [2.45, 2.75) is 20.0 Å². The molecule has 0 aliphatic carbocycles. The molecule has 0 bridgehead atoms. The normalized spacial score (nSPS) is 14.5. The highest BCUT2D eigenvalue weighted by Crippen LogP contribution is 2.34. The quantitative estimate of drug-likeness (QED) is 0.309. The van der Waals surface area contributed by atoms with Crippen molar-refractivity contribution in [2.24, 2.45) is 5.10 Å². The smallest absolute Gasteiger partial charge is 0.435 e. The first-order valence-corrected chi connectivity index (χ1v) is 10.5. The monoisotopic (exact) mass is 486 g/mol. The van der Waals surface area contributed by atoms with Crippen LogP contribution in [0.1, 0.15) is 29.8 Å². The molecule has 1 aliphatic heterocycles. The van der Waals surface area contributed by atoms with E-state index in [2.05, 4.69) is 11.0 Å². The third-order valence-corrected chi connectivity index (χ3v) is 4.66. The van der Waals surface area contributed by atoms with Crippen molar-refractivity contribution < 1.29 is 37.0 Å². The highest BCUT2D eigenvalue weighted by Gasteiger charge is 2.46. The number of alkyl halides is 3. The zero-order valence-electron chi connectivity index (χ0n) is 18.9. The fraction of sp³-hybridized carbons (Fsp3) is 0.240. The fourth-order valence-electron chi connectivity index (χ4n) is 3.17. The third-order valence-electron chi connectivity index (χ3n) is 4.66. The van der Waals surface area contributed by atoms with Gasteiger partial charge in [0.05, 0.1) is 30.0 Å². The van der Waals surface area contributed by atoms with Gasteiger partial charge in [0.15, 0.2) is 17.2 Å².